The van der Waals surface area contributed by atoms with E-state index in [1.807, 2.05) is 0 Å². The van der Waals surface area contributed by atoms with Crippen LogP contribution in [0.5, 0.6) is 0 Å². The summed E-state index contributed by atoms with van der Waals surface area (Å²) in [5.74, 6) is -1.84. The fourth-order valence-electron chi connectivity index (χ4n) is 1.70. The largest absolute Gasteiger partial charge is 0.465 e. The average molecular weight is 283 g/mol. The van der Waals surface area contributed by atoms with Crippen molar-refractivity contribution in [2.75, 3.05) is 7.11 Å². The van der Waals surface area contributed by atoms with Gasteiger partial charge in [-0.1, -0.05) is 17.7 Å². The van der Waals surface area contributed by atoms with Crippen molar-refractivity contribution < 1.29 is 18.3 Å². The lowest BCUT2D eigenvalue weighted by molar-refractivity contribution is 0.0600. The predicted molar refractivity (Wildman–Crippen MR) is 68.1 cm³/mol. The number of carbonyl (C=O) groups excluding carboxylic acids is 1. The lowest BCUT2D eigenvalue weighted by Gasteiger charge is -2.06. The van der Waals surface area contributed by atoms with Gasteiger partial charge in [0.1, 0.15) is 11.6 Å². The molecule has 2 aromatic carbocycles. The number of ether oxygens (including phenoxy) is 1. The third kappa shape index (κ3) is 2.90. The van der Waals surface area contributed by atoms with Crippen LogP contribution in [0, 0.1) is 11.6 Å². The number of benzene rings is 2. The number of rotatable bonds is 2. The second kappa shape index (κ2) is 5.36. The van der Waals surface area contributed by atoms with Gasteiger partial charge in [0.15, 0.2) is 0 Å². The Morgan fingerprint density at radius 3 is 2.47 bits per heavy atom. The van der Waals surface area contributed by atoms with Crippen LogP contribution < -0.4 is 0 Å². The van der Waals surface area contributed by atoms with E-state index in [-0.39, 0.29) is 16.1 Å². The van der Waals surface area contributed by atoms with Gasteiger partial charge < -0.3 is 4.74 Å². The Bertz CT molecular complexity index is 621. The van der Waals surface area contributed by atoms with E-state index in [4.69, 9.17) is 11.6 Å². The molecular formula is C14H9ClF2O2. The summed E-state index contributed by atoms with van der Waals surface area (Å²) in [7, 11) is 1.21. The summed E-state index contributed by atoms with van der Waals surface area (Å²) in [4.78, 5) is 11.3. The molecule has 0 aromatic heterocycles. The van der Waals surface area contributed by atoms with Crippen molar-refractivity contribution in [3.05, 3.63) is 58.6 Å². The van der Waals surface area contributed by atoms with Gasteiger partial charge in [-0.05, 0) is 35.9 Å². The van der Waals surface area contributed by atoms with Crippen LogP contribution in [0.15, 0.2) is 36.4 Å². The first-order chi connectivity index (χ1) is 9.01. The van der Waals surface area contributed by atoms with Crippen molar-refractivity contribution in [3.63, 3.8) is 0 Å². The molecule has 0 radical (unpaired) electrons. The summed E-state index contributed by atoms with van der Waals surface area (Å²) >= 11 is 5.72. The lowest BCUT2D eigenvalue weighted by Crippen LogP contribution is -2.02. The molecule has 0 amide bonds. The molecule has 0 unspecified atom stereocenters. The van der Waals surface area contributed by atoms with E-state index in [0.29, 0.717) is 5.56 Å². The first kappa shape index (κ1) is 13.5. The molecule has 0 aliphatic rings. The van der Waals surface area contributed by atoms with Crippen LogP contribution in [-0.2, 0) is 4.74 Å². The number of methoxy groups -OCH3 is 1. The number of halogens is 3. The van der Waals surface area contributed by atoms with Crippen LogP contribution in [0.25, 0.3) is 11.1 Å². The molecule has 0 aliphatic heterocycles. The zero-order valence-corrected chi connectivity index (χ0v) is 10.7. The summed E-state index contributed by atoms with van der Waals surface area (Å²) in [5, 5.41) is 0.173. The zero-order chi connectivity index (χ0) is 14.0. The Labute approximate surface area is 113 Å². The predicted octanol–water partition coefficient (Wildman–Crippen LogP) is 4.07. The normalized spacial score (nSPS) is 10.3. The summed E-state index contributed by atoms with van der Waals surface area (Å²) in [6, 6.07) is 7.57. The van der Waals surface area contributed by atoms with Crippen LogP contribution in [0.1, 0.15) is 10.4 Å². The van der Waals surface area contributed by atoms with Crippen molar-refractivity contribution in [2.45, 2.75) is 0 Å². The monoisotopic (exact) mass is 282 g/mol. The Hall–Kier alpha value is -1.94. The van der Waals surface area contributed by atoms with Crippen LogP contribution >= 0.6 is 11.6 Å². The van der Waals surface area contributed by atoms with E-state index in [1.165, 1.54) is 31.4 Å². The third-order valence-corrected chi connectivity index (χ3v) is 2.78. The molecule has 0 spiro atoms. The minimum atomic E-state index is -0.649. The van der Waals surface area contributed by atoms with E-state index in [9.17, 15) is 13.6 Å². The zero-order valence-electron chi connectivity index (χ0n) is 9.91. The molecule has 0 heterocycles. The van der Waals surface area contributed by atoms with Crippen LogP contribution in [-0.4, -0.2) is 13.1 Å². The van der Waals surface area contributed by atoms with Gasteiger partial charge in [0.05, 0.1) is 12.7 Å². The molecule has 5 heteroatoms. The van der Waals surface area contributed by atoms with E-state index in [2.05, 4.69) is 4.74 Å². The van der Waals surface area contributed by atoms with Gasteiger partial charge in [-0.3, -0.25) is 0 Å². The summed E-state index contributed by atoms with van der Waals surface area (Å²) in [6.07, 6.45) is 0. The fraction of sp³-hybridized carbons (Fsp3) is 0.0714. The molecule has 0 saturated carbocycles. The average Bonchev–Trinajstić information content (AvgIpc) is 2.36. The Kier molecular flexibility index (Phi) is 3.81. The molecule has 0 saturated heterocycles. The lowest BCUT2D eigenvalue weighted by atomic mass is 10.0. The first-order valence-corrected chi connectivity index (χ1v) is 5.73. The molecule has 2 aromatic rings. The van der Waals surface area contributed by atoms with Gasteiger partial charge in [-0.2, -0.15) is 0 Å². The summed E-state index contributed by atoms with van der Waals surface area (Å²) in [6.45, 7) is 0. The Balaban J connectivity index is 2.49. The number of carbonyl (C=O) groups is 1. The molecule has 2 nitrogen and oxygen atoms in total. The summed E-state index contributed by atoms with van der Waals surface area (Å²) in [5.41, 5.74) is 0.555. The van der Waals surface area contributed by atoms with Crippen molar-refractivity contribution in [1.29, 1.82) is 0 Å². The topological polar surface area (TPSA) is 26.3 Å². The second-order valence-corrected chi connectivity index (χ2v) is 4.28. The fourth-order valence-corrected chi connectivity index (χ4v) is 1.93. The summed E-state index contributed by atoms with van der Waals surface area (Å²) < 4.78 is 31.6. The molecule has 2 rings (SSSR count). The maximum Gasteiger partial charge on any atom is 0.337 e. The number of hydrogen-bond acceptors (Lipinski definition) is 2. The van der Waals surface area contributed by atoms with Crippen molar-refractivity contribution in [1.82, 2.24) is 0 Å². The second-order valence-electron chi connectivity index (χ2n) is 3.84. The molecule has 19 heavy (non-hydrogen) atoms. The van der Waals surface area contributed by atoms with Crippen LogP contribution in [0.2, 0.25) is 5.02 Å². The van der Waals surface area contributed by atoms with E-state index < -0.39 is 17.6 Å². The highest BCUT2D eigenvalue weighted by molar-refractivity contribution is 6.30. The van der Waals surface area contributed by atoms with Gasteiger partial charge >= 0.3 is 5.97 Å². The maximum atomic E-state index is 13.9. The third-order valence-electron chi connectivity index (χ3n) is 2.56. The standard InChI is InChI=1S/C14H9ClF2O2/c1-19-14(18)8-2-3-12(13(17)6-8)9-4-10(15)7-11(16)5-9/h2-7H,1H3. The smallest absolute Gasteiger partial charge is 0.337 e. The maximum absolute atomic E-state index is 13.9. The van der Waals surface area contributed by atoms with E-state index in [1.54, 1.807) is 0 Å². The molecular weight excluding hydrogens is 274 g/mol. The van der Waals surface area contributed by atoms with Crippen LogP contribution in [0.3, 0.4) is 0 Å². The molecule has 0 atom stereocenters. The highest BCUT2D eigenvalue weighted by atomic mass is 35.5. The molecule has 0 aliphatic carbocycles. The number of hydrogen-bond donors (Lipinski definition) is 0. The van der Waals surface area contributed by atoms with Gasteiger partial charge in [0.25, 0.3) is 0 Å². The Morgan fingerprint density at radius 2 is 1.89 bits per heavy atom. The van der Waals surface area contributed by atoms with Gasteiger partial charge in [0.2, 0.25) is 0 Å². The van der Waals surface area contributed by atoms with Crippen molar-refractivity contribution >= 4 is 17.6 Å². The van der Waals surface area contributed by atoms with E-state index in [0.717, 1.165) is 12.1 Å². The quantitative estimate of drug-likeness (QED) is 0.776. The molecule has 0 bridgehead atoms. The molecule has 0 N–H and O–H groups in total. The minimum Gasteiger partial charge on any atom is -0.465 e. The molecule has 0 fully saturated rings. The highest BCUT2D eigenvalue weighted by Crippen LogP contribution is 2.27. The van der Waals surface area contributed by atoms with Crippen LogP contribution in [0.4, 0.5) is 8.78 Å². The number of esters is 1. The first-order valence-electron chi connectivity index (χ1n) is 5.35. The SMILES string of the molecule is COC(=O)c1ccc(-c2cc(F)cc(Cl)c2)c(F)c1. The van der Waals surface area contributed by atoms with Gasteiger partial charge in [-0.15, -0.1) is 0 Å². The minimum absolute atomic E-state index is 0.0891. The van der Waals surface area contributed by atoms with Gasteiger partial charge in [-0.25, -0.2) is 13.6 Å². The van der Waals surface area contributed by atoms with Crippen molar-refractivity contribution in [3.8, 4) is 11.1 Å². The van der Waals surface area contributed by atoms with Crippen molar-refractivity contribution in [2.24, 2.45) is 0 Å². The molecule has 98 valence electrons. The van der Waals surface area contributed by atoms with Gasteiger partial charge in [0, 0.05) is 10.6 Å². The van der Waals surface area contributed by atoms with E-state index >= 15 is 0 Å². The Morgan fingerprint density at radius 1 is 1.16 bits per heavy atom. The highest BCUT2D eigenvalue weighted by Gasteiger charge is 2.12.